The van der Waals surface area contributed by atoms with Gasteiger partial charge in [0.25, 0.3) is 5.91 Å². The number of carbonyl (C=O) groups excluding carboxylic acids is 1. The van der Waals surface area contributed by atoms with Crippen LogP contribution in [0.3, 0.4) is 0 Å². The zero-order valence-corrected chi connectivity index (χ0v) is 13.2. The zero-order valence-electron chi connectivity index (χ0n) is 12.4. The summed E-state index contributed by atoms with van der Waals surface area (Å²) in [7, 11) is -3.74. The Morgan fingerprint density at radius 2 is 1.95 bits per heavy atom. The zero-order chi connectivity index (χ0) is 15.6. The lowest BCUT2D eigenvalue weighted by molar-refractivity contribution is 0.0908. The van der Waals surface area contributed by atoms with Crippen molar-refractivity contribution in [3.8, 4) is 0 Å². The van der Waals surface area contributed by atoms with Gasteiger partial charge in [0, 0.05) is 11.1 Å². The van der Waals surface area contributed by atoms with Crippen LogP contribution < -0.4 is 10.5 Å². The van der Waals surface area contributed by atoms with E-state index in [1.165, 1.54) is 18.2 Å². The molecule has 0 saturated carbocycles. The van der Waals surface area contributed by atoms with Crippen LogP contribution in [-0.2, 0) is 10.0 Å². The van der Waals surface area contributed by atoms with Crippen LogP contribution >= 0.6 is 0 Å². The van der Waals surface area contributed by atoms with Gasteiger partial charge in [0.15, 0.2) is 0 Å². The van der Waals surface area contributed by atoms with Gasteiger partial charge >= 0.3 is 0 Å². The van der Waals surface area contributed by atoms with Crippen molar-refractivity contribution in [1.29, 1.82) is 0 Å². The molecule has 0 saturated heterocycles. The van der Waals surface area contributed by atoms with E-state index < -0.39 is 10.0 Å². The van der Waals surface area contributed by atoms with E-state index in [2.05, 4.69) is 12.2 Å². The first-order valence-electron chi connectivity index (χ1n) is 6.53. The molecule has 1 aromatic carbocycles. The Hall–Kier alpha value is -1.40. The Bertz CT molecular complexity index is 607. The molecule has 1 amide bonds. The molecule has 112 valence electrons. The van der Waals surface area contributed by atoms with Gasteiger partial charge in [-0.3, -0.25) is 4.79 Å². The van der Waals surface area contributed by atoms with Crippen molar-refractivity contribution < 1.29 is 13.2 Å². The van der Waals surface area contributed by atoms with Crippen LogP contribution in [0.4, 0.5) is 0 Å². The summed E-state index contributed by atoms with van der Waals surface area (Å²) in [4.78, 5) is 12.2. The molecule has 20 heavy (non-hydrogen) atoms. The molecule has 3 N–H and O–H groups in total. The molecule has 0 atom stereocenters. The average molecular weight is 298 g/mol. The number of hydrogen-bond donors (Lipinski definition) is 2. The van der Waals surface area contributed by atoms with E-state index in [1.807, 2.05) is 13.8 Å². The highest BCUT2D eigenvalue weighted by molar-refractivity contribution is 7.89. The molecule has 0 aromatic heterocycles. The van der Waals surface area contributed by atoms with Crippen LogP contribution in [0.1, 0.15) is 49.5 Å². The van der Waals surface area contributed by atoms with Gasteiger partial charge in [0.05, 0.1) is 4.90 Å². The van der Waals surface area contributed by atoms with Crippen LogP contribution in [0.5, 0.6) is 0 Å². The Morgan fingerprint density at radius 3 is 2.40 bits per heavy atom. The number of hydrogen-bond acceptors (Lipinski definition) is 3. The number of nitrogens with one attached hydrogen (secondary N) is 1. The summed E-state index contributed by atoms with van der Waals surface area (Å²) in [6.45, 7) is 7.67. The number of carbonyl (C=O) groups is 1. The van der Waals surface area contributed by atoms with E-state index in [9.17, 15) is 13.2 Å². The van der Waals surface area contributed by atoms with Crippen molar-refractivity contribution in [1.82, 2.24) is 5.32 Å². The predicted octanol–water partition coefficient (Wildman–Crippen LogP) is 1.95. The first kappa shape index (κ1) is 16.7. The fourth-order valence-corrected chi connectivity index (χ4v) is 2.73. The van der Waals surface area contributed by atoms with Gasteiger partial charge < -0.3 is 5.32 Å². The number of nitrogens with two attached hydrogens (primary N) is 1. The highest BCUT2D eigenvalue weighted by atomic mass is 32.2. The summed E-state index contributed by atoms with van der Waals surface area (Å²) in [5.41, 5.74) is 0.750. The standard InChI is InChI=1S/C14H22N2O3S/c1-5-8-14(3,4)16-13(17)12-7-6-11(9-10(12)2)20(15,18)19/h6-7,9H,5,8H2,1-4H3,(H,16,17)(H2,15,18,19). The fraction of sp³-hybridized carbons (Fsp3) is 0.500. The first-order chi connectivity index (χ1) is 9.07. The molecule has 1 aromatic rings. The highest BCUT2D eigenvalue weighted by Crippen LogP contribution is 2.17. The molecule has 0 aliphatic carbocycles. The van der Waals surface area contributed by atoms with E-state index >= 15 is 0 Å². The van der Waals surface area contributed by atoms with Crippen molar-refractivity contribution in [2.24, 2.45) is 5.14 Å². The number of sulfonamides is 1. The molecule has 0 fully saturated rings. The van der Waals surface area contributed by atoms with Crippen molar-refractivity contribution >= 4 is 15.9 Å². The Kier molecular flexibility index (Phi) is 4.94. The van der Waals surface area contributed by atoms with E-state index in [0.717, 1.165) is 12.8 Å². The van der Waals surface area contributed by atoms with Gasteiger partial charge in [0.2, 0.25) is 10.0 Å². The summed E-state index contributed by atoms with van der Waals surface area (Å²) in [6.07, 6.45) is 1.84. The van der Waals surface area contributed by atoms with Gasteiger partial charge in [-0.05, 0) is 51.0 Å². The third-order valence-electron chi connectivity index (χ3n) is 3.10. The van der Waals surface area contributed by atoms with Gasteiger partial charge in [0.1, 0.15) is 0 Å². The maximum absolute atomic E-state index is 12.2. The minimum atomic E-state index is -3.74. The molecule has 0 unspecified atom stereocenters. The first-order valence-corrected chi connectivity index (χ1v) is 8.07. The van der Waals surface area contributed by atoms with Gasteiger partial charge in [-0.2, -0.15) is 0 Å². The third-order valence-corrected chi connectivity index (χ3v) is 4.01. The topological polar surface area (TPSA) is 89.3 Å². The van der Waals surface area contributed by atoms with E-state index in [0.29, 0.717) is 11.1 Å². The molecule has 5 nitrogen and oxygen atoms in total. The maximum Gasteiger partial charge on any atom is 0.251 e. The van der Waals surface area contributed by atoms with Gasteiger partial charge in [-0.15, -0.1) is 0 Å². The van der Waals surface area contributed by atoms with E-state index in [1.54, 1.807) is 6.92 Å². The minimum absolute atomic E-state index is 0.0133. The van der Waals surface area contributed by atoms with Crippen LogP contribution in [0.2, 0.25) is 0 Å². The summed E-state index contributed by atoms with van der Waals surface area (Å²) in [6, 6.07) is 4.26. The molecular weight excluding hydrogens is 276 g/mol. The summed E-state index contributed by atoms with van der Waals surface area (Å²) >= 11 is 0. The molecule has 0 spiro atoms. The Morgan fingerprint density at radius 1 is 1.35 bits per heavy atom. The average Bonchev–Trinajstić information content (AvgIpc) is 2.26. The SMILES string of the molecule is CCCC(C)(C)NC(=O)c1ccc(S(N)(=O)=O)cc1C. The van der Waals surface area contributed by atoms with E-state index in [4.69, 9.17) is 5.14 Å². The van der Waals surface area contributed by atoms with Crippen LogP contribution in [0.25, 0.3) is 0 Å². The lowest BCUT2D eigenvalue weighted by Gasteiger charge is -2.26. The lowest BCUT2D eigenvalue weighted by atomic mass is 9.97. The van der Waals surface area contributed by atoms with Crippen LogP contribution in [0.15, 0.2) is 23.1 Å². The van der Waals surface area contributed by atoms with Crippen molar-refractivity contribution in [3.05, 3.63) is 29.3 Å². The molecular formula is C14H22N2O3S. The number of aryl methyl sites for hydroxylation is 1. The lowest BCUT2D eigenvalue weighted by Crippen LogP contribution is -2.43. The third kappa shape index (κ3) is 4.31. The number of amides is 1. The fourth-order valence-electron chi connectivity index (χ4n) is 2.13. The second-order valence-corrected chi connectivity index (χ2v) is 7.17. The largest absolute Gasteiger partial charge is 0.347 e. The van der Waals surface area contributed by atoms with Crippen molar-refractivity contribution in [2.75, 3.05) is 0 Å². The normalized spacial score (nSPS) is 12.2. The van der Waals surface area contributed by atoms with Crippen molar-refractivity contribution in [2.45, 2.75) is 51.0 Å². The number of primary sulfonamides is 1. The van der Waals surface area contributed by atoms with Gasteiger partial charge in [-0.25, -0.2) is 13.6 Å². The molecule has 0 heterocycles. The molecule has 1 rings (SSSR count). The highest BCUT2D eigenvalue weighted by Gasteiger charge is 2.21. The molecule has 0 bridgehead atoms. The van der Waals surface area contributed by atoms with Gasteiger partial charge in [-0.1, -0.05) is 13.3 Å². The number of benzene rings is 1. The summed E-state index contributed by atoms with van der Waals surface area (Å²) < 4.78 is 22.5. The second kappa shape index (κ2) is 5.93. The second-order valence-electron chi connectivity index (χ2n) is 5.61. The molecule has 6 heteroatoms. The monoisotopic (exact) mass is 298 g/mol. The minimum Gasteiger partial charge on any atom is -0.347 e. The number of rotatable bonds is 5. The maximum atomic E-state index is 12.2. The molecule has 0 aliphatic rings. The van der Waals surface area contributed by atoms with Crippen molar-refractivity contribution in [3.63, 3.8) is 0 Å². The smallest absolute Gasteiger partial charge is 0.251 e. The van der Waals surface area contributed by atoms with Crippen LogP contribution in [-0.4, -0.2) is 19.9 Å². The quantitative estimate of drug-likeness (QED) is 0.870. The Balaban J connectivity index is 3.01. The van der Waals surface area contributed by atoms with Crippen LogP contribution in [0, 0.1) is 6.92 Å². The summed E-state index contributed by atoms with van der Waals surface area (Å²) in [5.74, 6) is -0.207. The Labute approximate surface area is 120 Å². The summed E-state index contributed by atoms with van der Waals surface area (Å²) in [5, 5.41) is 8.02. The van der Waals surface area contributed by atoms with E-state index in [-0.39, 0.29) is 16.3 Å². The molecule has 0 aliphatic heterocycles. The predicted molar refractivity (Wildman–Crippen MR) is 79.0 cm³/mol. The molecule has 0 radical (unpaired) electrons.